The van der Waals surface area contributed by atoms with Gasteiger partial charge >= 0.3 is 0 Å². The highest BCUT2D eigenvalue weighted by atomic mass is 32.1. The summed E-state index contributed by atoms with van der Waals surface area (Å²) < 4.78 is 6.05. The van der Waals surface area contributed by atoms with E-state index in [0.717, 1.165) is 16.3 Å². The van der Waals surface area contributed by atoms with Crippen LogP contribution in [0.4, 0.5) is 0 Å². The van der Waals surface area contributed by atoms with E-state index in [2.05, 4.69) is 137 Å². The largest absolute Gasteiger partial charge is 0.307 e. The SMILES string of the molecule is c1ccc(-n2c3c4ccccc4ccc3c3ccc4c5ccccc5n(-c5nc6ccccc6s5)c4c32)cc1. The van der Waals surface area contributed by atoms with E-state index < -0.39 is 0 Å². The molecule has 0 radical (unpaired) electrons. The fraction of sp³-hybridized carbons (Fsp3) is 0. The Morgan fingerprint density at radius 3 is 1.97 bits per heavy atom. The number of fused-ring (bicyclic) bond motifs is 10. The molecule has 0 saturated carbocycles. The summed E-state index contributed by atoms with van der Waals surface area (Å²) in [7, 11) is 0. The predicted octanol–water partition coefficient (Wildman–Crippen LogP) is 9.64. The molecule has 0 aliphatic rings. The molecule has 3 aromatic heterocycles. The molecule has 0 atom stereocenters. The second kappa shape index (κ2) is 7.79. The van der Waals surface area contributed by atoms with Gasteiger partial charge in [0.05, 0.1) is 32.3 Å². The first kappa shape index (κ1) is 21.1. The maximum atomic E-state index is 5.14. The van der Waals surface area contributed by atoms with Crippen LogP contribution >= 0.6 is 11.3 Å². The van der Waals surface area contributed by atoms with Gasteiger partial charge in [-0.15, -0.1) is 0 Å². The quantitative estimate of drug-likeness (QED) is 0.225. The van der Waals surface area contributed by atoms with Crippen LogP contribution in [0.15, 0.2) is 127 Å². The van der Waals surface area contributed by atoms with E-state index in [-0.39, 0.29) is 0 Å². The second-order valence-electron chi connectivity index (χ2n) is 10.0. The number of hydrogen-bond acceptors (Lipinski definition) is 2. The average Bonchev–Trinajstić information content (AvgIpc) is 3.67. The Morgan fingerprint density at radius 2 is 1.10 bits per heavy atom. The van der Waals surface area contributed by atoms with E-state index in [0.29, 0.717) is 0 Å². The van der Waals surface area contributed by atoms with Gasteiger partial charge in [-0.2, -0.15) is 0 Å². The zero-order chi connectivity index (χ0) is 25.5. The monoisotopic (exact) mass is 515 g/mol. The molecule has 0 unspecified atom stereocenters. The summed E-state index contributed by atoms with van der Waals surface area (Å²) in [6.45, 7) is 0. The summed E-state index contributed by atoms with van der Waals surface area (Å²) in [6.07, 6.45) is 0. The molecule has 0 aliphatic heterocycles. The normalized spacial score (nSPS) is 12.1. The van der Waals surface area contributed by atoms with Gasteiger partial charge in [-0.3, -0.25) is 4.57 Å². The number of nitrogens with zero attached hydrogens (tertiary/aromatic N) is 3. The van der Waals surface area contributed by atoms with Crippen LogP contribution in [0.3, 0.4) is 0 Å². The molecular formula is C35H21N3S. The number of para-hydroxylation sites is 3. The zero-order valence-electron chi connectivity index (χ0n) is 20.9. The van der Waals surface area contributed by atoms with Crippen molar-refractivity contribution in [2.75, 3.05) is 0 Å². The molecule has 4 heteroatoms. The summed E-state index contributed by atoms with van der Waals surface area (Å²) in [5.74, 6) is 0. The molecule has 0 N–H and O–H groups in total. The Hall–Kier alpha value is -4.93. The lowest BCUT2D eigenvalue weighted by Gasteiger charge is -2.12. The molecule has 39 heavy (non-hydrogen) atoms. The Balaban J connectivity index is 1.58. The number of aromatic nitrogens is 3. The Morgan fingerprint density at radius 1 is 0.462 bits per heavy atom. The highest BCUT2D eigenvalue weighted by Crippen LogP contribution is 2.44. The van der Waals surface area contributed by atoms with Crippen molar-refractivity contribution < 1.29 is 0 Å². The van der Waals surface area contributed by atoms with Gasteiger partial charge in [0.15, 0.2) is 5.13 Å². The van der Waals surface area contributed by atoms with Crippen molar-refractivity contribution in [2.45, 2.75) is 0 Å². The molecule has 9 aromatic rings. The lowest BCUT2D eigenvalue weighted by molar-refractivity contribution is 1.13. The van der Waals surface area contributed by atoms with Gasteiger partial charge in [0.2, 0.25) is 0 Å². The minimum absolute atomic E-state index is 0.990. The zero-order valence-corrected chi connectivity index (χ0v) is 21.7. The van der Waals surface area contributed by atoms with E-state index in [4.69, 9.17) is 4.98 Å². The summed E-state index contributed by atoms with van der Waals surface area (Å²) in [5.41, 5.74) is 7.00. The molecule has 0 amide bonds. The second-order valence-corrected chi connectivity index (χ2v) is 11.0. The van der Waals surface area contributed by atoms with Crippen molar-refractivity contribution in [3.8, 4) is 10.8 Å². The Bertz CT molecular complexity index is 2360. The molecule has 0 aliphatic carbocycles. The molecule has 0 fully saturated rings. The van der Waals surface area contributed by atoms with Gasteiger partial charge in [0.25, 0.3) is 0 Å². The van der Waals surface area contributed by atoms with Crippen molar-refractivity contribution in [3.63, 3.8) is 0 Å². The van der Waals surface area contributed by atoms with E-state index in [1.807, 2.05) is 0 Å². The van der Waals surface area contributed by atoms with Crippen LogP contribution in [-0.2, 0) is 0 Å². The molecule has 0 bridgehead atoms. The molecular weight excluding hydrogens is 494 g/mol. The third-order valence-corrected chi connectivity index (χ3v) is 8.96. The third kappa shape index (κ3) is 2.84. The molecule has 3 nitrogen and oxygen atoms in total. The molecule has 0 saturated heterocycles. The van der Waals surface area contributed by atoms with E-state index >= 15 is 0 Å². The number of hydrogen-bond donors (Lipinski definition) is 0. The van der Waals surface area contributed by atoms with Crippen LogP contribution in [0.5, 0.6) is 0 Å². The minimum atomic E-state index is 0.990. The lowest BCUT2D eigenvalue weighted by atomic mass is 10.0. The highest BCUT2D eigenvalue weighted by Gasteiger charge is 2.23. The Kier molecular flexibility index (Phi) is 4.21. The van der Waals surface area contributed by atoms with Crippen molar-refractivity contribution in [3.05, 3.63) is 127 Å². The van der Waals surface area contributed by atoms with Crippen LogP contribution in [0.25, 0.3) is 75.4 Å². The molecule has 6 aromatic carbocycles. The summed E-state index contributed by atoms with van der Waals surface area (Å²) in [6, 6.07) is 45.8. The Labute approximate surface area is 227 Å². The maximum Gasteiger partial charge on any atom is 0.195 e. The number of thiazole rings is 1. The molecule has 3 heterocycles. The molecule has 0 spiro atoms. The lowest BCUT2D eigenvalue weighted by Crippen LogP contribution is -1.98. The van der Waals surface area contributed by atoms with Crippen LogP contribution in [-0.4, -0.2) is 14.1 Å². The predicted molar refractivity (Wildman–Crippen MR) is 166 cm³/mol. The number of benzene rings is 6. The average molecular weight is 516 g/mol. The minimum Gasteiger partial charge on any atom is -0.307 e. The van der Waals surface area contributed by atoms with Crippen molar-refractivity contribution >= 4 is 75.9 Å². The van der Waals surface area contributed by atoms with Gasteiger partial charge in [-0.25, -0.2) is 4.98 Å². The smallest absolute Gasteiger partial charge is 0.195 e. The first-order valence-corrected chi connectivity index (χ1v) is 14.0. The maximum absolute atomic E-state index is 5.14. The third-order valence-electron chi connectivity index (χ3n) is 7.94. The highest BCUT2D eigenvalue weighted by molar-refractivity contribution is 7.20. The number of rotatable bonds is 2. The van der Waals surface area contributed by atoms with Gasteiger partial charge in [0, 0.05) is 32.6 Å². The van der Waals surface area contributed by atoms with Crippen LogP contribution in [0.2, 0.25) is 0 Å². The van der Waals surface area contributed by atoms with E-state index in [1.54, 1.807) is 11.3 Å². The van der Waals surface area contributed by atoms with Crippen LogP contribution < -0.4 is 0 Å². The first-order valence-electron chi connectivity index (χ1n) is 13.2. The molecule has 182 valence electrons. The van der Waals surface area contributed by atoms with Gasteiger partial charge in [-0.1, -0.05) is 108 Å². The van der Waals surface area contributed by atoms with Gasteiger partial charge < -0.3 is 4.57 Å². The fourth-order valence-corrected chi connectivity index (χ4v) is 7.29. The van der Waals surface area contributed by atoms with Gasteiger partial charge in [0.1, 0.15) is 0 Å². The molecule has 9 rings (SSSR count). The standard InChI is InChI=1S/C35H21N3S/c1-2-11-23(12-3-1)37-32-24-13-5-4-10-22(24)18-19-27(32)28-21-20-26-25-14-6-8-16-30(25)38(34(26)33(28)37)35-36-29-15-7-9-17-31(29)39-35/h1-21H. The van der Waals surface area contributed by atoms with Crippen molar-refractivity contribution in [1.29, 1.82) is 0 Å². The topological polar surface area (TPSA) is 22.8 Å². The van der Waals surface area contributed by atoms with Gasteiger partial charge in [-0.05, 0) is 35.7 Å². The van der Waals surface area contributed by atoms with E-state index in [9.17, 15) is 0 Å². The summed E-state index contributed by atoms with van der Waals surface area (Å²) in [4.78, 5) is 5.14. The van der Waals surface area contributed by atoms with Crippen molar-refractivity contribution in [1.82, 2.24) is 14.1 Å². The van der Waals surface area contributed by atoms with Crippen LogP contribution in [0.1, 0.15) is 0 Å². The first-order chi connectivity index (χ1) is 19.4. The fourth-order valence-electron chi connectivity index (χ4n) is 6.30. The van der Waals surface area contributed by atoms with E-state index in [1.165, 1.54) is 59.1 Å². The summed E-state index contributed by atoms with van der Waals surface area (Å²) >= 11 is 1.75. The summed E-state index contributed by atoms with van der Waals surface area (Å²) in [5, 5.41) is 8.47. The van der Waals surface area contributed by atoms with Crippen LogP contribution in [0, 0.1) is 0 Å². The van der Waals surface area contributed by atoms with Crippen molar-refractivity contribution in [2.24, 2.45) is 0 Å².